The predicted molar refractivity (Wildman–Crippen MR) is 50.2 cm³/mol. The lowest BCUT2D eigenvalue weighted by Gasteiger charge is -2.09. The molecule has 0 aliphatic carbocycles. The van der Waals surface area contributed by atoms with Crippen molar-refractivity contribution in [3.05, 3.63) is 24.3 Å². The van der Waals surface area contributed by atoms with Gasteiger partial charge in [-0.1, -0.05) is 17.6 Å². The molecular formula is C7H6BF3O3S. The lowest BCUT2D eigenvalue weighted by Crippen LogP contribution is -2.28. The van der Waals surface area contributed by atoms with E-state index in [1.165, 1.54) is 12.1 Å². The third-order valence-corrected chi connectivity index (χ3v) is 2.49. The molecule has 1 aromatic carbocycles. The molecule has 3 nitrogen and oxygen atoms in total. The molecule has 0 radical (unpaired) electrons. The summed E-state index contributed by atoms with van der Waals surface area (Å²) in [5.41, 5.74) is -4.62. The van der Waals surface area contributed by atoms with Gasteiger partial charge >= 0.3 is 15.6 Å². The van der Waals surface area contributed by atoms with Crippen molar-refractivity contribution in [2.24, 2.45) is 0 Å². The summed E-state index contributed by atoms with van der Waals surface area (Å²) < 4.78 is 60.6. The Morgan fingerprint density at radius 1 is 1.13 bits per heavy atom. The number of benzene rings is 1. The molecular weight excluding hydrogens is 232 g/mol. The van der Waals surface area contributed by atoms with Crippen molar-refractivity contribution in [1.82, 2.24) is 0 Å². The van der Waals surface area contributed by atoms with E-state index in [1.807, 2.05) is 0 Å². The quantitative estimate of drug-likeness (QED) is 0.419. The molecule has 0 aliphatic rings. The first kappa shape index (κ1) is 11.9. The van der Waals surface area contributed by atoms with Crippen LogP contribution < -0.4 is 9.65 Å². The summed E-state index contributed by atoms with van der Waals surface area (Å²) in [4.78, 5) is 0. The average Bonchev–Trinajstić information content (AvgIpc) is 2.06. The Balaban J connectivity index is 2.93. The van der Waals surface area contributed by atoms with Crippen LogP contribution in [0.1, 0.15) is 0 Å². The van der Waals surface area contributed by atoms with E-state index in [9.17, 15) is 21.6 Å². The molecule has 0 saturated carbocycles. The minimum atomic E-state index is -5.56. The average molecular weight is 238 g/mol. The number of hydrogen-bond acceptors (Lipinski definition) is 3. The Hall–Kier alpha value is -1.18. The zero-order valence-electron chi connectivity index (χ0n) is 7.58. The second-order valence-electron chi connectivity index (χ2n) is 2.80. The van der Waals surface area contributed by atoms with Crippen LogP contribution in [0.15, 0.2) is 24.3 Å². The molecule has 0 fully saturated rings. The van der Waals surface area contributed by atoms with E-state index >= 15 is 0 Å². The van der Waals surface area contributed by atoms with Crippen LogP contribution in [0.4, 0.5) is 13.2 Å². The van der Waals surface area contributed by atoms with Crippen molar-refractivity contribution >= 4 is 23.4 Å². The van der Waals surface area contributed by atoms with E-state index in [2.05, 4.69) is 4.18 Å². The monoisotopic (exact) mass is 238 g/mol. The minimum Gasteiger partial charge on any atom is -0.376 e. The van der Waals surface area contributed by atoms with Crippen molar-refractivity contribution in [2.45, 2.75) is 5.51 Å². The highest BCUT2D eigenvalue weighted by molar-refractivity contribution is 7.87. The second kappa shape index (κ2) is 3.76. The Kier molecular flexibility index (Phi) is 2.99. The van der Waals surface area contributed by atoms with E-state index in [0.717, 1.165) is 17.6 Å². The van der Waals surface area contributed by atoms with Gasteiger partial charge in [-0.2, -0.15) is 21.6 Å². The van der Waals surface area contributed by atoms with Gasteiger partial charge in [0.05, 0.1) is 0 Å². The van der Waals surface area contributed by atoms with Gasteiger partial charge in [-0.15, -0.1) is 0 Å². The van der Waals surface area contributed by atoms with Gasteiger partial charge in [0.2, 0.25) is 0 Å². The number of hydrogen-bond donors (Lipinski definition) is 0. The molecule has 8 heteroatoms. The third-order valence-electron chi connectivity index (χ3n) is 1.51. The predicted octanol–water partition coefficient (Wildman–Crippen LogP) is 0.173. The third kappa shape index (κ3) is 2.88. The molecule has 0 aromatic heterocycles. The van der Waals surface area contributed by atoms with E-state index in [-0.39, 0.29) is 5.75 Å². The van der Waals surface area contributed by atoms with E-state index < -0.39 is 15.6 Å². The van der Waals surface area contributed by atoms with E-state index in [0.29, 0.717) is 0 Å². The van der Waals surface area contributed by atoms with Gasteiger partial charge < -0.3 is 4.18 Å². The van der Waals surface area contributed by atoms with Gasteiger partial charge in [0.25, 0.3) is 0 Å². The molecule has 0 spiro atoms. The maximum Gasteiger partial charge on any atom is 0.534 e. The van der Waals surface area contributed by atoms with Crippen molar-refractivity contribution in [3.63, 3.8) is 0 Å². The number of halogens is 3. The molecule has 82 valence electrons. The smallest absolute Gasteiger partial charge is 0.376 e. The molecule has 0 amide bonds. The van der Waals surface area contributed by atoms with Crippen molar-refractivity contribution in [3.8, 4) is 5.75 Å². The largest absolute Gasteiger partial charge is 0.534 e. The highest BCUT2D eigenvalue weighted by atomic mass is 32.2. The van der Waals surface area contributed by atoms with Gasteiger partial charge in [-0.3, -0.25) is 0 Å². The van der Waals surface area contributed by atoms with Crippen molar-refractivity contribution in [1.29, 1.82) is 0 Å². The van der Waals surface area contributed by atoms with Crippen LogP contribution in [-0.2, 0) is 10.1 Å². The van der Waals surface area contributed by atoms with Crippen LogP contribution >= 0.6 is 0 Å². The van der Waals surface area contributed by atoms with Crippen LogP contribution in [-0.4, -0.2) is 21.8 Å². The molecule has 1 aromatic rings. The van der Waals surface area contributed by atoms with Gasteiger partial charge in [-0.25, -0.2) is 0 Å². The molecule has 0 saturated heterocycles. The van der Waals surface area contributed by atoms with Crippen molar-refractivity contribution in [2.75, 3.05) is 0 Å². The fourth-order valence-electron chi connectivity index (χ4n) is 0.768. The highest BCUT2D eigenvalue weighted by Gasteiger charge is 2.48. The highest BCUT2D eigenvalue weighted by Crippen LogP contribution is 2.26. The summed E-state index contributed by atoms with van der Waals surface area (Å²) in [6.07, 6.45) is 0. The normalized spacial score (nSPS) is 12.5. The van der Waals surface area contributed by atoms with Crippen LogP contribution in [0.3, 0.4) is 0 Å². The second-order valence-corrected chi connectivity index (χ2v) is 4.33. The molecule has 15 heavy (non-hydrogen) atoms. The summed E-state index contributed by atoms with van der Waals surface area (Å²) in [6.45, 7) is 0. The van der Waals surface area contributed by atoms with Crippen LogP contribution in [0.5, 0.6) is 5.75 Å². The molecule has 0 unspecified atom stereocenters. The molecule has 0 aliphatic heterocycles. The first-order valence-corrected chi connectivity index (χ1v) is 5.20. The maximum atomic E-state index is 11.9. The molecule has 0 N–H and O–H groups in total. The van der Waals surface area contributed by atoms with E-state index in [1.54, 1.807) is 7.85 Å². The zero-order valence-corrected chi connectivity index (χ0v) is 8.39. The first-order valence-electron chi connectivity index (χ1n) is 3.80. The van der Waals surface area contributed by atoms with E-state index in [4.69, 9.17) is 0 Å². The maximum absolute atomic E-state index is 11.9. The molecule has 0 atom stereocenters. The Bertz CT molecular complexity index is 438. The van der Waals surface area contributed by atoms with Gasteiger partial charge in [0.1, 0.15) is 13.6 Å². The number of rotatable bonds is 2. The fourth-order valence-corrected chi connectivity index (χ4v) is 1.23. The minimum absolute atomic E-state index is 0.363. The van der Waals surface area contributed by atoms with Gasteiger partial charge in [0, 0.05) is 0 Å². The standard InChI is InChI=1S/C7H6BF3O3S/c8-5-1-3-6(4-2-5)14-15(12,13)7(9,10)11/h1-4H,8H2. The number of alkyl halides is 3. The summed E-state index contributed by atoms with van der Waals surface area (Å²) in [5.74, 6) is -0.363. The van der Waals surface area contributed by atoms with Crippen LogP contribution in [0.2, 0.25) is 0 Å². The van der Waals surface area contributed by atoms with Crippen LogP contribution in [0.25, 0.3) is 0 Å². The topological polar surface area (TPSA) is 43.4 Å². The Morgan fingerprint density at radius 2 is 1.60 bits per heavy atom. The fraction of sp³-hybridized carbons (Fsp3) is 0.143. The first-order chi connectivity index (χ1) is 6.72. The Morgan fingerprint density at radius 3 is 2.00 bits per heavy atom. The zero-order chi connectivity index (χ0) is 11.7. The Labute approximate surface area is 85.4 Å². The SMILES string of the molecule is Bc1ccc(OS(=O)(=O)C(F)(F)F)cc1. The van der Waals surface area contributed by atoms with Gasteiger partial charge in [-0.05, 0) is 12.1 Å². The van der Waals surface area contributed by atoms with Gasteiger partial charge in [0.15, 0.2) is 0 Å². The lowest BCUT2D eigenvalue weighted by molar-refractivity contribution is -0.0500. The van der Waals surface area contributed by atoms with Crippen LogP contribution in [0, 0.1) is 0 Å². The summed E-state index contributed by atoms with van der Waals surface area (Å²) in [7, 11) is -3.85. The summed E-state index contributed by atoms with van der Waals surface area (Å²) in [5, 5.41) is 0. The van der Waals surface area contributed by atoms with Crippen molar-refractivity contribution < 1.29 is 25.8 Å². The summed E-state index contributed by atoms with van der Waals surface area (Å²) in [6, 6.07) is 5.19. The summed E-state index contributed by atoms with van der Waals surface area (Å²) >= 11 is 0. The molecule has 0 bridgehead atoms. The lowest BCUT2D eigenvalue weighted by atomic mass is 9.97. The molecule has 0 heterocycles. The molecule has 1 rings (SSSR count).